The maximum Gasteiger partial charge on any atom is 0.150 e. The Kier molecular flexibility index (Phi) is 4.90. The predicted octanol–water partition coefficient (Wildman–Crippen LogP) is 0.881. The zero-order valence-corrected chi connectivity index (χ0v) is 12.2. The van der Waals surface area contributed by atoms with Crippen LogP contribution in [0, 0.1) is 0 Å². The van der Waals surface area contributed by atoms with Crippen molar-refractivity contribution in [3.05, 3.63) is 18.3 Å². The van der Waals surface area contributed by atoms with E-state index in [-0.39, 0.29) is 6.10 Å². The van der Waals surface area contributed by atoms with Gasteiger partial charge in [0, 0.05) is 25.3 Å². The highest BCUT2D eigenvalue weighted by Gasteiger charge is 2.25. The van der Waals surface area contributed by atoms with Crippen molar-refractivity contribution in [3.8, 4) is 0 Å². The van der Waals surface area contributed by atoms with Gasteiger partial charge in [0.05, 0.1) is 35.0 Å². The second-order valence-electron chi connectivity index (χ2n) is 4.99. The van der Waals surface area contributed by atoms with Crippen LogP contribution < -0.4 is 5.73 Å². The Morgan fingerprint density at radius 2 is 2.42 bits per heavy atom. The van der Waals surface area contributed by atoms with Crippen LogP contribution in [0.5, 0.6) is 0 Å². The van der Waals surface area contributed by atoms with Crippen molar-refractivity contribution < 1.29 is 8.95 Å². The number of hydrogen-bond donors (Lipinski definition) is 1. The molecule has 2 N–H and O–H groups in total. The van der Waals surface area contributed by atoms with Crippen molar-refractivity contribution in [2.45, 2.75) is 31.0 Å². The Morgan fingerprint density at radius 1 is 1.63 bits per heavy atom. The molecule has 6 heteroatoms. The van der Waals surface area contributed by atoms with Crippen LogP contribution in [0.1, 0.15) is 13.8 Å². The molecule has 2 atom stereocenters. The van der Waals surface area contributed by atoms with Crippen LogP contribution in [0.3, 0.4) is 0 Å². The van der Waals surface area contributed by atoms with Crippen molar-refractivity contribution >= 4 is 16.5 Å². The number of hydrogen-bond acceptors (Lipinski definition) is 5. The van der Waals surface area contributed by atoms with E-state index in [1.165, 1.54) is 0 Å². The molecule has 0 aromatic carbocycles. The molecule has 1 saturated heterocycles. The van der Waals surface area contributed by atoms with Gasteiger partial charge in [0.15, 0.2) is 0 Å². The third-order valence-corrected chi connectivity index (χ3v) is 4.70. The molecule has 2 heterocycles. The van der Waals surface area contributed by atoms with Crippen LogP contribution >= 0.6 is 0 Å². The number of nitrogens with zero attached hydrogens (tertiary/aromatic N) is 2. The quantitative estimate of drug-likeness (QED) is 0.888. The Labute approximate surface area is 116 Å². The van der Waals surface area contributed by atoms with Gasteiger partial charge >= 0.3 is 0 Å². The molecular formula is C13H21N3O2S. The van der Waals surface area contributed by atoms with Crippen LogP contribution in [0.25, 0.3) is 0 Å². The zero-order chi connectivity index (χ0) is 13.8. The summed E-state index contributed by atoms with van der Waals surface area (Å²) in [6.07, 6.45) is 1.60. The molecule has 0 radical (unpaired) electrons. The van der Waals surface area contributed by atoms with Gasteiger partial charge in [-0.25, -0.2) is 4.98 Å². The van der Waals surface area contributed by atoms with Crippen LogP contribution in [0.15, 0.2) is 23.4 Å². The summed E-state index contributed by atoms with van der Waals surface area (Å²) < 4.78 is 18.0. The molecule has 2 rings (SSSR count). The lowest BCUT2D eigenvalue weighted by Gasteiger charge is -2.35. The summed E-state index contributed by atoms with van der Waals surface area (Å²) in [5.74, 6) is 0.449. The molecule has 1 aliphatic rings. The number of morpholine rings is 1. The molecule has 0 aliphatic carbocycles. The molecule has 0 saturated carbocycles. The summed E-state index contributed by atoms with van der Waals surface area (Å²) in [6, 6.07) is 3.95. The van der Waals surface area contributed by atoms with Gasteiger partial charge in [0.2, 0.25) is 0 Å². The first kappa shape index (κ1) is 14.4. The topological polar surface area (TPSA) is 68.5 Å². The van der Waals surface area contributed by atoms with E-state index < -0.39 is 10.8 Å². The molecule has 5 nitrogen and oxygen atoms in total. The van der Waals surface area contributed by atoms with Crippen molar-refractivity contribution in [2.75, 3.05) is 31.2 Å². The lowest BCUT2D eigenvalue weighted by Crippen LogP contribution is -2.47. The lowest BCUT2D eigenvalue weighted by atomic mass is 10.2. The van der Waals surface area contributed by atoms with E-state index in [1.54, 1.807) is 18.3 Å². The average molecular weight is 283 g/mol. The minimum atomic E-state index is -1.21. The van der Waals surface area contributed by atoms with E-state index in [0.717, 1.165) is 13.1 Å². The summed E-state index contributed by atoms with van der Waals surface area (Å²) in [6.45, 7) is 6.77. The number of anilines is 1. The minimum absolute atomic E-state index is 0.0154. The Morgan fingerprint density at radius 3 is 3.11 bits per heavy atom. The Bertz CT molecular complexity index is 453. The van der Waals surface area contributed by atoms with Crippen molar-refractivity contribution in [3.63, 3.8) is 0 Å². The Balaban J connectivity index is 1.97. The average Bonchev–Trinajstić information content (AvgIpc) is 2.39. The van der Waals surface area contributed by atoms with E-state index in [2.05, 4.69) is 23.7 Å². The van der Waals surface area contributed by atoms with Gasteiger partial charge in [-0.05, 0) is 26.0 Å². The molecular weight excluding hydrogens is 262 g/mol. The van der Waals surface area contributed by atoms with E-state index in [9.17, 15) is 4.21 Å². The molecule has 1 aromatic rings. The standard InChI is InChI=1S/C13H21N3O2S/c1-10(2)16-6-7-18-11(8-16)9-19(17)13-12(14)4-3-5-15-13/h3-5,10-11H,6-9,14H2,1-2H3. The normalized spacial score (nSPS) is 22.6. The largest absolute Gasteiger partial charge is 0.396 e. The fraction of sp³-hybridized carbons (Fsp3) is 0.615. The van der Waals surface area contributed by atoms with Crippen LogP contribution in [0.4, 0.5) is 5.69 Å². The summed E-state index contributed by atoms with van der Waals surface area (Å²) in [5.41, 5.74) is 6.28. The van der Waals surface area contributed by atoms with Gasteiger partial charge in [-0.1, -0.05) is 0 Å². The first-order valence-corrected chi connectivity index (χ1v) is 7.84. The SMILES string of the molecule is CC(C)N1CCOC(CS(=O)c2ncccc2N)C1. The number of rotatable bonds is 4. The van der Waals surface area contributed by atoms with Gasteiger partial charge in [-0.15, -0.1) is 0 Å². The zero-order valence-electron chi connectivity index (χ0n) is 11.4. The number of nitrogen functional groups attached to an aromatic ring is 1. The maximum absolute atomic E-state index is 12.3. The fourth-order valence-electron chi connectivity index (χ4n) is 2.15. The number of pyridine rings is 1. The molecule has 19 heavy (non-hydrogen) atoms. The third-order valence-electron chi connectivity index (χ3n) is 3.25. The molecule has 1 aliphatic heterocycles. The summed E-state index contributed by atoms with van der Waals surface area (Å²) in [5, 5.41) is 0.466. The van der Waals surface area contributed by atoms with Gasteiger partial charge in [-0.3, -0.25) is 9.11 Å². The van der Waals surface area contributed by atoms with Crippen LogP contribution in [-0.2, 0) is 15.5 Å². The minimum Gasteiger partial charge on any atom is -0.396 e. The highest BCUT2D eigenvalue weighted by Crippen LogP contribution is 2.16. The highest BCUT2D eigenvalue weighted by atomic mass is 32.2. The molecule has 1 aromatic heterocycles. The third kappa shape index (κ3) is 3.75. The second-order valence-corrected chi connectivity index (χ2v) is 6.40. The Hall–Kier alpha value is -0.980. The van der Waals surface area contributed by atoms with Gasteiger partial charge in [0.25, 0.3) is 0 Å². The van der Waals surface area contributed by atoms with Gasteiger partial charge < -0.3 is 10.5 Å². The fourth-order valence-corrected chi connectivity index (χ4v) is 3.36. The predicted molar refractivity (Wildman–Crippen MR) is 76.4 cm³/mol. The molecule has 0 bridgehead atoms. The van der Waals surface area contributed by atoms with Crippen molar-refractivity contribution in [1.82, 2.24) is 9.88 Å². The highest BCUT2D eigenvalue weighted by molar-refractivity contribution is 7.85. The first-order valence-electron chi connectivity index (χ1n) is 6.52. The van der Waals surface area contributed by atoms with Crippen molar-refractivity contribution in [2.24, 2.45) is 0 Å². The second kappa shape index (κ2) is 6.45. The molecule has 0 spiro atoms. The van der Waals surface area contributed by atoms with E-state index in [4.69, 9.17) is 10.5 Å². The smallest absolute Gasteiger partial charge is 0.150 e. The van der Waals surface area contributed by atoms with Crippen molar-refractivity contribution in [1.29, 1.82) is 0 Å². The molecule has 106 valence electrons. The maximum atomic E-state index is 12.3. The number of aromatic nitrogens is 1. The van der Waals surface area contributed by atoms with Gasteiger partial charge in [0.1, 0.15) is 5.03 Å². The summed E-state index contributed by atoms with van der Waals surface area (Å²) in [7, 11) is -1.21. The summed E-state index contributed by atoms with van der Waals surface area (Å²) in [4.78, 5) is 6.44. The van der Waals surface area contributed by atoms with Crippen LogP contribution in [0.2, 0.25) is 0 Å². The summed E-state index contributed by atoms with van der Waals surface area (Å²) >= 11 is 0. The van der Waals surface area contributed by atoms with E-state index in [0.29, 0.717) is 29.1 Å². The number of nitrogens with two attached hydrogens (primary N) is 1. The molecule has 2 unspecified atom stereocenters. The first-order chi connectivity index (χ1) is 9.08. The number of ether oxygens (including phenoxy) is 1. The van der Waals surface area contributed by atoms with E-state index in [1.807, 2.05) is 0 Å². The molecule has 0 amide bonds. The monoisotopic (exact) mass is 283 g/mol. The van der Waals surface area contributed by atoms with Gasteiger partial charge in [-0.2, -0.15) is 0 Å². The lowest BCUT2D eigenvalue weighted by molar-refractivity contribution is -0.0269. The van der Waals surface area contributed by atoms with E-state index >= 15 is 0 Å². The van der Waals surface area contributed by atoms with Crippen LogP contribution in [-0.4, -0.2) is 51.7 Å². The molecule has 1 fully saturated rings.